The lowest BCUT2D eigenvalue weighted by atomic mass is 9.47. The zero-order chi connectivity index (χ0) is 21.9. The van der Waals surface area contributed by atoms with E-state index in [1.54, 1.807) is 5.57 Å². The molecule has 0 aliphatic heterocycles. The fraction of sp³-hybridized carbons (Fsp3) is 0.929. The van der Waals surface area contributed by atoms with Crippen molar-refractivity contribution in [1.82, 2.24) is 0 Å². The molecular formula is C28H48O2. The first-order valence-corrected chi connectivity index (χ1v) is 13.1. The Morgan fingerprint density at radius 2 is 1.80 bits per heavy atom. The molecule has 0 aromatic rings. The van der Waals surface area contributed by atoms with Gasteiger partial charge in [0.1, 0.15) is 0 Å². The second-order valence-electron chi connectivity index (χ2n) is 12.9. The largest absolute Gasteiger partial charge is 0.393 e. The number of hydrogen-bond acceptors (Lipinski definition) is 2. The molecule has 0 heterocycles. The van der Waals surface area contributed by atoms with Crippen molar-refractivity contribution >= 4 is 0 Å². The van der Waals surface area contributed by atoms with Gasteiger partial charge in [-0.1, -0.05) is 46.3 Å². The second kappa shape index (κ2) is 7.91. The van der Waals surface area contributed by atoms with Gasteiger partial charge in [0.25, 0.3) is 0 Å². The van der Waals surface area contributed by atoms with Crippen LogP contribution in [0.25, 0.3) is 0 Å². The number of rotatable bonds is 5. The summed E-state index contributed by atoms with van der Waals surface area (Å²) in [5.74, 6) is 4.40. The minimum absolute atomic E-state index is 0.102. The van der Waals surface area contributed by atoms with Crippen molar-refractivity contribution in [3.63, 3.8) is 0 Å². The number of hydrogen-bond donors (Lipinski definition) is 2. The summed E-state index contributed by atoms with van der Waals surface area (Å²) in [7, 11) is 0. The summed E-state index contributed by atoms with van der Waals surface area (Å²) >= 11 is 0. The third-order valence-electron chi connectivity index (χ3n) is 11.2. The molecule has 3 saturated carbocycles. The highest BCUT2D eigenvalue weighted by atomic mass is 16.3. The van der Waals surface area contributed by atoms with Gasteiger partial charge in [0.15, 0.2) is 0 Å². The maximum absolute atomic E-state index is 10.8. The van der Waals surface area contributed by atoms with E-state index >= 15 is 0 Å². The van der Waals surface area contributed by atoms with Crippen LogP contribution in [0.4, 0.5) is 0 Å². The zero-order valence-electron chi connectivity index (χ0n) is 20.6. The summed E-state index contributed by atoms with van der Waals surface area (Å²) in [6.07, 6.45) is 14.5. The van der Waals surface area contributed by atoms with Gasteiger partial charge in [-0.15, -0.1) is 0 Å². The molecule has 3 fully saturated rings. The van der Waals surface area contributed by atoms with E-state index in [4.69, 9.17) is 0 Å². The minimum Gasteiger partial charge on any atom is -0.393 e. The third kappa shape index (κ3) is 3.62. The van der Waals surface area contributed by atoms with Crippen LogP contribution >= 0.6 is 0 Å². The first kappa shape index (κ1) is 22.8. The lowest BCUT2D eigenvalue weighted by Crippen LogP contribution is -2.50. The SMILES string of the molecule is CC(CCC(C)(O)C(C)C)C1CCC2C3CC=C4CC(O)CCC4(C)C3CCC12C. The lowest BCUT2D eigenvalue weighted by Gasteiger charge is -2.58. The first-order chi connectivity index (χ1) is 14.0. The summed E-state index contributed by atoms with van der Waals surface area (Å²) in [5, 5.41) is 21.0. The highest BCUT2D eigenvalue weighted by Gasteiger charge is 2.59. The molecule has 0 aromatic carbocycles. The Morgan fingerprint density at radius 3 is 2.50 bits per heavy atom. The van der Waals surface area contributed by atoms with Gasteiger partial charge in [-0.3, -0.25) is 0 Å². The van der Waals surface area contributed by atoms with Crippen LogP contribution in [-0.4, -0.2) is 21.9 Å². The molecule has 30 heavy (non-hydrogen) atoms. The van der Waals surface area contributed by atoms with E-state index in [2.05, 4.69) is 40.7 Å². The lowest BCUT2D eigenvalue weighted by molar-refractivity contribution is -0.0600. The quantitative estimate of drug-likeness (QED) is 0.487. The van der Waals surface area contributed by atoms with Crippen molar-refractivity contribution < 1.29 is 10.2 Å². The first-order valence-electron chi connectivity index (χ1n) is 13.1. The Hall–Kier alpha value is -0.340. The molecule has 0 saturated heterocycles. The van der Waals surface area contributed by atoms with Crippen molar-refractivity contribution in [2.24, 2.45) is 46.3 Å². The van der Waals surface area contributed by atoms with Gasteiger partial charge < -0.3 is 10.2 Å². The Bertz CT molecular complexity index is 664. The van der Waals surface area contributed by atoms with Crippen LogP contribution in [0.2, 0.25) is 0 Å². The fourth-order valence-electron chi connectivity index (χ4n) is 8.63. The zero-order valence-corrected chi connectivity index (χ0v) is 20.6. The normalized spacial score (nSPS) is 46.4. The predicted octanol–water partition coefficient (Wildman–Crippen LogP) is 6.75. The second-order valence-corrected chi connectivity index (χ2v) is 12.9. The molecule has 9 unspecified atom stereocenters. The molecule has 2 N–H and O–H groups in total. The van der Waals surface area contributed by atoms with E-state index in [-0.39, 0.29) is 6.10 Å². The van der Waals surface area contributed by atoms with Gasteiger partial charge in [-0.2, -0.15) is 0 Å². The fourth-order valence-corrected chi connectivity index (χ4v) is 8.63. The van der Waals surface area contributed by atoms with E-state index in [1.165, 1.54) is 38.5 Å². The van der Waals surface area contributed by atoms with Crippen molar-refractivity contribution in [3.8, 4) is 0 Å². The average molecular weight is 417 g/mol. The molecule has 0 spiro atoms. The summed E-state index contributed by atoms with van der Waals surface area (Å²) in [6.45, 7) is 14.0. The van der Waals surface area contributed by atoms with Crippen LogP contribution in [0, 0.1) is 46.3 Å². The van der Waals surface area contributed by atoms with E-state index < -0.39 is 5.60 Å². The highest BCUT2D eigenvalue weighted by molar-refractivity contribution is 5.25. The standard InChI is InChI=1S/C28H48O2/c1-18(2)28(6,30)16-11-19(3)23-9-10-24-22-8-7-20-17-21(29)12-14-26(20,4)25(22)13-15-27(23,24)5/h7,18-19,21-25,29-30H,8-17H2,1-6H3. The van der Waals surface area contributed by atoms with Crippen LogP contribution in [-0.2, 0) is 0 Å². The molecule has 0 bridgehead atoms. The monoisotopic (exact) mass is 416 g/mol. The minimum atomic E-state index is -0.532. The van der Waals surface area contributed by atoms with Gasteiger partial charge >= 0.3 is 0 Å². The summed E-state index contributed by atoms with van der Waals surface area (Å²) in [4.78, 5) is 0. The van der Waals surface area contributed by atoms with Crippen LogP contribution in [0.15, 0.2) is 11.6 Å². The van der Waals surface area contributed by atoms with Gasteiger partial charge in [-0.25, -0.2) is 0 Å². The van der Waals surface area contributed by atoms with Gasteiger partial charge in [0.05, 0.1) is 11.7 Å². The number of aliphatic hydroxyl groups excluding tert-OH is 1. The van der Waals surface area contributed by atoms with E-state index in [1.807, 2.05) is 6.92 Å². The molecule has 4 aliphatic carbocycles. The summed E-state index contributed by atoms with van der Waals surface area (Å²) < 4.78 is 0. The summed E-state index contributed by atoms with van der Waals surface area (Å²) in [5.41, 5.74) is 1.89. The number of aliphatic hydroxyl groups is 2. The molecular weight excluding hydrogens is 368 g/mol. The Morgan fingerprint density at radius 1 is 1.07 bits per heavy atom. The van der Waals surface area contributed by atoms with Crippen LogP contribution < -0.4 is 0 Å². The molecule has 0 aromatic heterocycles. The Labute approximate surface area is 185 Å². The molecule has 2 nitrogen and oxygen atoms in total. The topological polar surface area (TPSA) is 40.5 Å². The molecule has 0 amide bonds. The molecule has 0 radical (unpaired) electrons. The molecule has 2 heteroatoms. The van der Waals surface area contributed by atoms with Crippen LogP contribution in [0.1, 0.15) is 106 Å². The number of fused-ring (bicyclic) bond motifs is 5. The van der Waals surface area contributed by atoms with Gasteiger partial charge in [0, 0.05) is 0 Å². The van der Waals surface area contributed by atoms with Crippen molar-refractivity contribution in [2.75, 3.05) is 0 Å². The maximum Gasteiger partial charge on any atom is 0.0642 e. The molecule has 172 valence electrons. The van der Waals surface area contributed by atoms with Gasteiger partial charge in [0.2, 0.25) is 0 Å². The van der Waals surface area contributed by atoms with Crippen molar-refractivity contribution in [1.29, 1.82) is 0 Å². The predicted molar refractivity (Wildman–Crippen MR) is 125 cm³/mol. The molecule has 4 aliphatic rings. The van der Waals surface area contributed by atoms with Crippen LogP contribution in [0.3, 0.4) is 0 Å². The average Bonchev–Trinajstić information content (AvgIpc) is 3.04. The van der Waals surface area contributed by atoms with E-state index in [0.717, 1.165) is 49.4 Å². The van der Waals surface area contributed by atoms with E-state index in [9.17, 15) is 10.2 Å². The van der Waals surface area contributed by atoms with Gasteiger partial charge in [-0.05, 0) is 117 Å². The summed E-state index contributed by atoms with van der Waals surface area (Å²) in [6, 6.07) is 0. The Kier molecular flexibility index (Phi) is 6.02. The maximum atomic E-state index is 10.8. The van der Waals surface area contributed by atoms with E-state index in [0.29, 0.717) is 22.7 Å². The highest BCUT2D eigenvalue weighted by Crippen LogP contribution is 2.67. The van der Waals surface area contributed by atoms with Crippen molar-refractivity contribution in [2.45, 2.75) is 117 Å². The van der Waals surface area contributed by atoms with Crippen molar-refractivity contribution in [3.05, 3.63) is 11.6 Å². The molecule has 9 atom stereocenters. The number of allylic oxidation sites excluding steroid dienone is 1. The Balaban J connectivity index is 1.49. The third-order valence-corrected chi connectivity index (χ3v) is 11.2. The van der Waals surface area contributed by atoms with Crippen LogP contribution in [0.5, 0.6) is 0 Å². The smallest absolute Gasteiger partial charge is 0.0642 e. The molecule has 4 rings (SSSR count).